The molecular formula is C9H14N4O2S2. The van der Waals surface area contributed by atoms with E-state index in [0.717, 1.165) is 0 Å². The maximum absolute atomic E-state index is 10.9. The number of nitrogens with two attached hydrogens (primary N) is 1. The summed E-state index contributed by atoms with van der Waals surface area (Å²) < 4.78 is 21.9. The Balaban J connectivity index is 2.75. The Bertz CT molecular complexity index is 528. The predicted octanol–water partition coefficient (Wildman–Crippen LogP) is -0.124. The van der Waals surface area contributed by atoms with Crippen molar-refractivity contribution in [2.24, 2.45) is 5.73 Å². The third-order valence-corrected chi connectivity index (χ3v) is 3.02. The number of hydrogen-bond acceptors (Lipinski definition) is 6. The van der Waals surface area contributed by atoms with Crippen LogP contribution in [0.4, 0.5) is 5.95 Å². The number of aromatic nitrogens is 2. The first-order valence-electron chi connectivity index (χ1n) is 4.85. The molecule has 0 fully saturated rings. The zero-order valence-corrected chi connectivity index (χ0v) is 11.2. The van der Waals surface area contributed by atoms with E-state index >= 15 is 0 Å². The summed E-state index contributed by atoms with van der Waals surface area (Å²) in [6.45, 7) is 2.03. The molecule has 1 heterocycles. The van der Waals surface area contributed by atoms with Crippen LogP contribution in [0.1, 0.15) is 11.4 Å². The molecule has 0 aliphatic rings. The third kappa shape index (κ3) is 5.05. The molecular weight excluding hydrogens is 260 g/mol. The summed E-state index contributed by atoms with van der Waals surface area (Å²) in [5, 5.41) is 2.82. The molecule has 0 saturated heterocycles. The Hall–Kier alpha value is -1.28. The number of aryl methyl sites for hydroxylation is 1. The normalized spacial score (nSPS) is 11.2. The number of nitrogens with one attached hydrogen (secondary N) is 1. The maximum Gasteiger partial charge on any atom is 0.223 e. The largest absolute Gasteiger partial charge is 0.388 e. The van der Waals surface area contributed by atoms with E-state index in [1.165, 1.54) is 6.26 Å². The van der Waals surface area contributed by atoms with Crippen molar-refractivity contribution in [2.45, 2.75) is 6.92 Å². The van der Waals surface area contributed by atoms with Crippen molar-refractivity contribution < 1.29 is 8.42 Å². The summed E-state index contributed by atoms with van der Waals surface area (Å²) in [6, 6.07) is 1.67. The van der Waals surface area contributed by atoms with Gasteiger partial charge in [-0.3, -0.25) is 0 Å². The molecule has 1 aromatic heterocycles. The third-order valence-electron chi connectivity index (χ3n) is 1.86. The van der Waals surface area contributed by atoms with E-state index in [9.17, 15) is 8.42 Å². The molecule has 1 rings (SSSR count). The van der Waals surface area contributed by atoms with Crippen molar-refractivity contribution in [1.82, 2.24) is 9.97 Å². The van der Waals surface area contributed by atoms with Crippen LogP contribution in [-0.4, -0.2) is 41.9 Å². The molecule has 0 aromatic carbocycles. The molecule has 0 atom stereocenters. The summed E-state index contributed by atoms with van der Waals surface area (Å²) in [4.78, 5) is 8.36. The quantitative estimate of drug-likeness (QED) is 0.722. The van der Waals surface area contributed by atoms with Gasteiger partial charge in [-0.2, -0.15) is 0 Å². The highest BCUT2D eigenvalue weighted by atomic mass is 32.2. The lowest BCUT2D eigenvalue weighted by atomic mass is 10.3. The first-order valence-corrected chi connectivity index (χ1v) is 7.32. The summed E-state index contributed by atoms with van der Waals surface area (Å²) in [6.07, 6.45) is 1.17. The number of sulfone groups is 1. The fourth-order valence-electron chi connectivity index (χ4n) is 1.12. The smallest absolute Gasteiger partial charge is 0.223 e. The molecule has 1 aromatic rings. The van der Waals surface area contributed by atoms with Crippen LogP contribution in [0.5, 0.6) is 0 Å². The SMILES string of the molecule is Cc1cc(C(N)=S)nc(NCCS(C)(=O)=O)n1. The van der Waals surface area contributed by atoms with Gasteiger partial charge in [-0.05, 0) is 13.0 Å². The zero-order valence-electron chi connectivity index (χ0n) is 9.60. The molecule has 0 saturated carbocycles. The number of rotatable bonds is 5. The van der Waals surface area contributed by atoms with Crippen molar-refractivity contribution >= 4 is 33.0 Å². The van der Waals surface area contributed by atoms with E-state index in [-0.39, 0.29) is 17.3 Å². The molecule has 17 heavy (non-hydrogen) atoms. The molecule has 0 bridgehead atoms. The van der Waals surface area contributed by atoms with Crippen LogP contribution < -0.4 is 11.1 Å². The number of anilines is 1. The van der Waals surface area contributed by atoms with Crippen molar-refractivity contribution in [2.75, 3.05) is 23.9 Å². The average Bonchev–Trinajstić information content (AvgIpc) is 2.14. The molecule has 0 aliphatic heterocycles. The molecule has 0 spiro atoms. The summed E-state index contributed by atoms with van der Waals surface area (Å²) in [5.74, 6) is 0.351. The van der Waals surface area contributed by atoms with Crippen molar-refractivity contribution in [3.63, 3.8) is 0 Å². The van der Waals surface area contributed by atoms with E-state index in [0.29, 0.717) is 17.3 Å². The van der Waals surface area contributed by atoms with Gasteiger partial charge in [0.25, 0.3) is 0 Å². The number of nitrogens with zero attached hydrogens (tertiary/aromatic N) is 2. The highest BCUT2D eigenvalue weighted by Gasteiger charge is 2.06. The number of hydrogen-bond donors (Lipinski definition) is 2. The van der Waals surface area contributed by atoms with Gasteiger partial charge in [0.2, 0.25) is 5.95 Å². The predicted molar refractivity (Wildman–Crippen MR) is 70.9 cm³/mol. The van der Waals surface area contributed by atoms with E-state index in [2.05, 4.69) is 15.3 Å². The monoisotopic (exact) mass is 274 g/mol. The van der Waals surface area contributed by atoms with Gasteiger partial charge in [0, 0.05) is 18.5 Å². The Morgan fingerprint density at radius 1 is 1.53 bits per heavy atom. The molecule has 0 amide bonds. The lowest BCUT2D eigenvalue weighted by Crippen LogP contribution is -2.18. The molecule has 0 aliphatic carbocycles. The Morgan fingerprint density at radius 2 is 2.18 bits per heavy atom. The van der Waals surface area contributed by atoms with E-state index in [1.54, 1.807) is 13.0 Å². The molecule has 0 radical (unpaired) electrons. The van der Waals surface area contributed by atoms with Gasteiger partial charge in [-0.1, -0.05) is 12.2 Å². The van der Waals surface area contributed by atoms with E-state index < -0.39 is 9.84 Å². The Morgan fingerprint density at radius 3 is 2.71 bits per heavy atom. The highest BCUT2D eigenvalue weighted by molar-refractivity contribution is 7.90. The van der Waals surface area contributed by atoms with Gasteiger partial charge in [0.1, 0.15) is 20.5 Å². The van der Waals surface area contributed by atoms with Crippen LogP contribution in [-0.2, 0) is 9.84 Å². The summed E-state index contributed by atoms with van der Waals surface area (Å²) >= 11 is 4.82. The fourth-order valence-corrected chi connectivity index (χ4v) is 1.70. The fraction of sp³-hybridized carbons (Fsp3) is 0.444. The van der Waals surface area contributed by atoms with E-state index in [1.807, 2.05) is 0 Å². The van der Waals surface area contributed by atoms with Crippen LogP contribution >= 0.6 is 12.2 Å². The standard InChI is InChI=1S/C9H14N4O2S2/c1-6-5-7(8(10)16)13-9(12-6)11-3-4-17(2,14)15/h5H,3-4H2,1-2H3,(H2,10,16)(H,11,12,13). The first kappa shape index (κ1) is 13.8. The molecule has 8 heteroatoms. The van der Waals surface area contributed by atoms with E-state index in [4.69, 9.17) is 18.0 Å². The minimum Gasteiger partial charge on any atom is -0.388 e. The minimum atomic E-state index is -3.00. The number of thiocarbonyl (C=S) groups is 1. The van der Waals surface area contributed by atoms with Crippen LogP contribution in [0, 0.1) is 6.92 Å². The van der Waals surface area contributed by atoms with Crippen LogP contribution in [0.2, 0.25) is 0 Å². The van der Waals surface area contributed by atoms with Crippen LogP contribution in [0.25, 0.3) is 0 Å². The van der Waals surface area contributed by atoms with Crippen LogP contribution in [0.15, 0.2) is 6.07 Å². The van der Waals surface area contributed by atoms with Crippen molar-refractivity contribution in [3.05, 3.63) is 17.5 Å². The summed E-state index contributed by atoms with van der Waals surface area (Å²) in [7, 11) is -3.00. The molecule has 94 valence electrons. The van der Waals surface area contributed by atoms with Crippen molar-refractivity contribution in [3.8, 4) is 0 Å². The average molecular weight is 274 g/mol. The molecule has 0 unspecified atom stereocenters. The molecule has 3 N–H and O–H groups in total. The lowest BCUT2D eigenvalue weighted by Gasteiger charge is -2.06. The van der Waals surface area contributed by atoms with Gasteiger partial charge in [0.15, 0.2) is 0 Å². The first-order chi connectivity index (χ1) is 7.78. The molecule has 6 nitrogen and oxygen atoms in total. The minimum absolute atomic E-state index is 0.0205. The van der Waals surface area contributed by atoms with Gasteiger partial charge >= 0.3 is 0 Å². The van der Waals surface area contributed by atoms with Gasteiger partial charge in [-0.25, -0.2) is 18.4 Å². The lowest BCUT2D eigenvalue weighted by molar-refractivity contribution is 0.602. The zero-order chi connectivity index (χ0) is 13.1. The van der Waals surface area contributed by atoms with Gasteiger partial charge in [-0.15, -0.1) is 0 Å². The Labute approximate surface area is 106 Å². The Kier molecular flexibility index (Phi) is 4.35. The second kappa shape index (κ2) is 5.37. The second-order valence-electron chi connectivity index (χ2n) is 3.64. The summed E-state index contributed by atoms with van der Waals surface area (Å²) in [5.41, 5.74) is 6.65. The second-order valence-corrected chi connectivity index (χ2v) is 6.34. The van der Waals surface area contributed by atoms with Crippen LogP contribution in [0.3, 0.4) is 0 Å². The van der Waals surface area contributed by atoms with Gasteiger partial charge in [0.05, 0.1) is 5.75 Å². The van der Waals surface area contributed by atoms with Gasteiger partial charge < -0.3 is 11.1 Å². The topological polar surface area (TPSA) is 98.0 Å². The highest BCUT2D eigenvalue weighted by Crippen LogP contribution is 2.04. The van der Waals surface area contributed by atoms with Crippen molar-refractivity contribution in [1.29, 1.82) is 0 Å². The maximum atomic E-state index is 10.9.